The second-order valence-corrected chi connectivity index (χ2v) is 11.8. The highest BCUT2D eigenvalue weighted by atomic mass is 35.5. The lowest BCUT2D eigenvalue weighted by Crippen LogP contribution is -2.61. The van der Waals surface area contributed by atoms with E-state index in [1.165, 1.54) is 0 Å². The number of morpholine rings is 1. The van der Waals surface area contributed by atoms with Crippen molar-refractivity contribution in [3.63, 3.8) is 0 Å². The lowest BCUT2D eigenvalue weighted by Gasteiger charge is -2.48. The largest absolute Gasteiger partial charge is 0.378 e. The van der Waals surface area contributed by atoms with Gasteiger partial charge in [0.15, 0.2) is 0 Å². The van der Waals surface area contributed by atoms with Crippen LogP contribution in [0.25, 0.3) is 11.3 Å². The van der Waals surface area contributed by atoms with Crippen molar-refractivity contribution in [3.8, 4) is 11.3 Å². The molecule has 2 saturated heterocycles. The van der Waals surface area contributed by atoms with E-state index in [2.05, 4.69) is 17.4 Å². The van der Waals surface area contributed by atoms with Gasteiger partial charge >= 0.3 is 6.03 Å². The Morgan fingerprint density at radius 2 is 1.81 bits per heavy atom. The van der Waals surface area contributed by atoms with Crippen LogP contribution in [0.1, 0.15) is 60.2 Å². The number of aromatic nitrogens is 1. The van der Waals surface area contributed by atoms with E-state index in [0.717, 1.165) is 37.0 Å². The van der Waals surface area contributed by atoms with E-state index in [4.69, 9.17) is 37.2 Å². The number of carbonyl (C=O) groups is 2. The molecule has 2 atom stereocenters. The van der Waals surface area contributed by atoms with Crippen molar-refractivity contribution in [3.05, 3.63) is 69.4 Å². The minimum absolute atomic E-state index is 0.0622. The lowest BCUT2D eigenvalue weighted by atomic mass is 9.92. The molecule has 1 N–H and O–H groups in total. The van der Waals surface area contributed by atoms with Gasteiger partial charge in [-0.25, -0.2) is 4.79 Å². The Hall–Kier alpha value is -3.11. The second kappa shape index (κ2) is 12.6. The third-order valence-corrected chi connectivity index (χ3v) is 8.85. The molecule has 2 aliphatic heterocycles. The van der Waals surface area contributed by atoms with E-state index in [-0.39, 0.29) is 30.6 Å². The second-order valence-electron chi connectivity index (χ2n) is 11.0. The first kappa shape index (κ1) is 29.0. The highest BCUT2D eigenvalue weighted by Crippen LogP contribution is 2.46. The number of benzene rings is 2. The predicted octanol–water partition coefficient (Wildman–Crippen LogP) is 6.60. The van der Waals surface area contributed by atoms with Gasteiger partial charge < -0.3 is 29.1 Å². The predicted molar refractivity (Wildman–Crippen MR) is 160 cm³/mol. The molecule has 3 aromatic rings. The molecule has 11 heteroatoms. The van der Waals surface area contributed by atoms with Crippen molar-refractivity contribution in [1.82, 2.24) is 15.0 Å². The Kier molecular flexibility index (Phi) is 8.72. The standard InChI is InChI=1S/C31H34Cl2N4O5/c1-2-22-16-23(37(22)31(39)34-21-6-3-5-20(15-21)30(38)36-11-13-40-14-12-36)17-41-18-24-28(35-42-29(24)19-9-10-19)27-25(32)7-4-8-26(27)33/h3-8,15,19,22-23H,2,9-14,16-18H2,1H3,(H,34,39). The number of halogens is 2. The summed E-state index contributed by atoms with van der Waals surface area (Å²) >= 11 is 13.0. The first-order chi connectivity index (χ1) is 20.4. The molecular formula is C31H34Cl2N4O5. The summed E-state index contributed by atoms with van der Waals surface area (Å²) in [6, 6.07) is 12.3. The van der Waals surface area contributed by atoms with E-state index < -0.39 is 0 Å². The van der Waals surface area contributed by atoms with Crippen molar-refractivity contribution < 1.29 is 23.6 Å². The SMILES string of the molecule is CCC1CC(COCc2c(-c3c(Cl)cccc3Cl)noc2C2CC2)N1C(=O)Nc1cccc(C(=O)N2CCOCC2)c1. The van der Waals surface area contributed by atoms with Gasteiger partial charge in [-0.15, -0.1) is 0 Å². The number of anilines is 1. The van der Waals surface area contributed by atoms with E-state index in [9.17, 15) is 9.59 Å². The maximum absolute atomic E-state index is 13.4. The maximum Gasteiger partial charge on any atom is 0.322 e. The Labute approximate surface area is 255 Å². The third-order valence-electron chi connectivity index (χ3n) is 8.22. The first-order valence-corrected chi connectivity index (χ1v) is 15.3. The van der Waals surface area contributed by atoms with Crippen LogP contribution in [0.5, 0.6) is 0 Å². The van der Waals surface area contributed by atoms with Crippen LogP contribution in [0.4, 0.5) is 10.5 Å². The molecule has 0 bridgehead atoms. The number of likely N-dealkylation sites (tertiary alicyclic amines) is 1. The number of hydrogen-bond acceptors (Lipinski definition) is 6. The van der Waals surface area contributed by atoms with Gasteiger partial charge in [0.05, 0.1) is 42.5 Å². The van der Waals surface area contributed by atoms with Crippen LogP contribution in [0.3, 0.4) is 0 Å². The molecule has 1 aromatic heterocycles. The van der Waals surface area contributed by atoms with Gasteiger partial charge in [0.2, 0.25) is 0 Å². The maximum atomic E-state index is 13.4. The van der Waals surface area contributed by atoms with Crippen molar-refractivity contribution in [1.29, 1.82) is 0 Å². The quantitative estimate of drug-likeness (QED) is 0.292. The summed E-state index contributed by atoms with van der Waals surface area (Å²) in [5.41, 5.74) is 3.23. The molecule has 3 fully saturated rings. The summed E-state index contributed by atoms with van der Waals surface area (Å²) in [5.74, 6) is 1.09. The molecule has 2 unspecified atom stereocenters. The zero-order valence-electron chi connectivity index (χ0n) is 23.5. The van der Waals surface area contributed by atoms with Crippen LogP contribution in [0.2, 0.25) is 10.0 Å². The fourth-order valence-electron chi connectivity index (χ4n) is 5.76. The molecule has 42 heavy (non-hydrogen) atoms. The smallest absolute Gasteiger partial charge is 0.322 e. The number of carbonyl (C=O) groups excluding carboxylic acids is 2. The minimum Gasteiger partial charge on any atom is -0.378 e. The molecule has 3 amide bonds. The molecule has 1 aliphatic carbocycles. The van der Waals surface area contributed by atoms with Gasteiger partial charge in [0, 0.05) is 47.4 Å². The zero-order chi connectivity index (χ0) is 29.2. The molecule has 2 aromatic carbocycles. The molecular weight excluding hydrogens is 579 g/mol. The number of amides is 3. The summed E-state index contributed by atoms with van der Waals surface area (Å²) < 4.78 is 17.3. The first-order valence-electron chi connectivity index (χ1n) is 14.5. The fourth-order valence-corrected chi connectivity index (χ4v) is 6.33. The molecule has 9 nitrogen and oxygen atoms in total. The van der Waals surface area contributed by atoms with Crippen LogP contribution >= 0.6 is 23.2 Å². The molecule has 0 spiro atoms. The Morgan fingerprint density at radius 3 is 2.52 bits per heavy atom. The van der Waals surface area contributed by atoms with Gasteiger partial charge in [-0.05, 0) is 56.0 Å². The minimum atomic E-state index is -0.204. The van der Waals surface area contributed by atoms with Gasteiger partial charge in [-0.1, -0.05) is 47.4 Å². The summed E-state index contributed by atoms with van der Waals surface area (Å²) in [6.45, 7) is 4.91. The Bertz CT molecular complexity index is 1430. The van der Waals surface area contributed by atoms with Crippen LogP contribution in [0.15, 0.2) is 47.0 Å². The van der Waals surface area contributed by atoms with Gasteiger partial charge in [-0.3, -0.25) is 4.79 Å². The summed E-state index contributed by atoms with van der Waals surface area (Å²) in [6.07, 6.45) is 3.78. The number of rotatable bonds is 9. The molecule has 0 radical (unpaired) electrons. The van der Waals surface area contributed by atoms with Crippen LogP contribution < -0.4 is 5.32 Å². The summed E-state index contributed by atoms with van der Waals surface area (Å²) in [7, 11) is 0. The molecule has 3 aliphatic rings. The van der Waals surface area contributed by atoms with Crippen LogP contribution in [-0.2, 0) is 16.1 Å². The van der Waals surface area contributed by atoms with Crippen molar-refractivity contribution >= 4 is 40.8 Å². The summed E-state index contributed by atoms with van der Waals surface area (Å²) in [5, 5.41) is 8.34. The topological polar surface area (TPSA) is 97.1 Å². The number of nitrogens with zero attached hydrogens (tertiary/aromatic N) is 3. The lowest BCUT2D eigenvalue weighted by molar-refractivity contribution is -0.0125. The molecule has 3 heterocycles. The number of nitrogens with one attached hydrogen (secondary N) is 1. The molecule has 222 valence electrons. The average Bonchev–Trinajstić information content (AvgIpc) is 3.75. The number of hydrogen-bond donors (Lipinski definition) is 1. The van der Waals surface area contributed by atoms with Crippen molar-refractivity contribution in [2.75, 3.05) is 38.2 Å². The van der Waals surface area contributed by atoms with Crippen molar-refractivity contribution in [2.24, 2.45) is 0 Å². The number of ether oxygens (including phenoxy) is 2. The third kappa shape index (κ3) is 6.01. The molecule has 6 rings (SSSR count). The van der Waals surface area contributed by atoms with Crippen LogP contribution in [-0.4, -0.2) is 71.9 Å². The van der Waals surface area contributed by atoms with E-state index in [0.29, 0.717) is 71.4 Å². The Morgan fingerprint density at radius 1 is 1.07 bits per heavy atom. The highest BCUT2D eigenvalue weighted by Gasteiger charge is 2.41. The number of urea groups is 1. The van der Waals surface area contributed by atoms with Crippen LogP contribution in [0, 0.1) is 0 Å². The fraction of sp³-hybridized carbons (Fsp3) is 0.452. The molecule has 1 saturated carbocycles. The van der Waals surface area contributed by atoms with Crippen molar-refractivity contribution in [2.45, 2.75) is 57.2 Å². The summed E-state index contributed by atoms with van der Waals surface area (Å²) in [4.78, 5) is 30.0. The van der Waals surface area contributed by atoms with E-state index >= 15 is 0 Å². The Balaban J connectivity index is 1.11. The zero-order valence-corrected chi connectivity index (χ0v) is 25.0. The van der Waals surface area contributed by atoms with Gasteiger partial charge in [0.25, 0.3) is 5.91 Å². The average molecular weight is 614 g/mol. The van der Waals surface area contributed by atoms with Gasteiger partial charge in [-0.2, -0.15) is 0 Å². The van der Waals surface area contributed by atoms with Gasteiger partial charge in [0.1, 0.15) is 11.5 Å². The normalized spacial score (nSPS) is 20.4. The monoisotopic (exact) mass is 612 g/mol. The highest BCUT2D eigenvalue weighted by molar-refractivity contribution is 6.39. The van der Waals surface area contributed by atoms with E-state index in [1.807, 2.05) is 4.90 Å². The van der Waals surface area contributed by atoms with E-state index in [1.54, 1.807) is 47.4 Å².